The predicted molar refractivity (Wildman–Crippen MR) is 121 cm³/mol. The summed E-state index contributed by atoms with van der Waals surface area (Å²) in [7, 11) is -1.39. The van der Waals surface area contributed by atoms with Crippen molar-refractivity contribution in [2.24, 2.45) is 5.73 Å². The quantitative estimate of drug-likeness (QED) is 0.253. The van der Waals surface area contributed by atoms with Gasteiger partial charge in [0, 0.05) is 26.2 Å². The minimum Gasteiger partial charge on any atom is -0.480 e. The first-order valence-electron chi connectivity index (χ1n) is 11.0. The van der Waals surface area contributed by atoms with Gasteiger partial charge in [0.2, 0.25) is 0 Å². The maximum atomic E-state index is 14.0. The summed E-state index contributed by atoms with van der Waals surface area (Å²) in [6, 6.07) is 4.32. The number of carbonyl (C=O) groups is 2. The standard InChI is InChI=1S/C21H34BFN4O5/c1-16-5-6-18(17(23)15-16)25-20(30)27-13-11-26(12-14-27)10-4-8-21(24,19(28)29)7-2-3-9-22(31)32/h5-6,15,31-32H,2-4,7-14,24H2,1H3,(H,25,30)(H,28,29). The van der Waals surface area contributed by atoms with E-state index in [1.165, 1.54) is 6.07 Å². The highest BCUT2D eigenvalue weighted by Gasteiger charge is 2.33. The Morgan fingerprint density at radius 2 is 1.81 bits per heavy atom. The van der Waals surface area contributed by atoms with Crippen molar-refractivity contribution >= 4 is 24.8 Å². The number of aliphatic carboxylic acids is 1. The average Bonchev–Trinajstić information content (AvgIpc) is 2.73. The first kappa shape index (κ1) is 26.1. The Balaban J connectivity index is 1.72. The summed E-state index contributed by atoms with van der Waals surface area (Å²) in [4.78, 5) is 27.8. The van der Waals surface area contributed by atoms with Crippen LogP contribution in [0, 0.1) is 12.7 Å². The zero-order chi connectivity index (χ0) is 23.7. The number of carboxylic acid groups (broad SMARTS) is 1. The molecular formula is C21H34BFN4O5. The van der Waals surface area contributed by atoms with E-state index >= 15 is 0 Å². The zero-order valence-corrected chi connectivity index (χ0v) is 18.6. The van der Waals surface area contributed by atoms with E-state index in [2.05, 4.69) is 10.2 Å². The van der Waals surface area contributed by atoms with E-state index in [1.54, 1.807) is 24.0 Å². The lowest BCUT2D eigenvalue weighted by molar-refractivity contribution is -0.144. The number of urea groups is 1. The van der Waals surface area contributed by atoms with Crippen molar-refractivity contribution in [3.8, 4) is 0 Å². The number of nitrogens with one attached hydrogen (secondary N) is 1. The van der Waals surface area contributed by atoms with E-state index in [-0.39, 0.29) is 24.5 Å². The summed E-state index contributed by atoms with van der Waals surface area (Å²) in [5.74, 6) is -1.51. The van der Waals surface area contributed by atoms with Crippen LogP contribution in [-0.2, 0) is 4.79 Å². The number of nitrogens with zero attached hydrogens (tertiary/aromatic N) is 2. The molecule has 1 aliphatic rings. The largest absolute Gasteiger partial charge is 0.480 e. The third-order valence-electron chi connectivity index (χ3n) is 5.88. The van der Waals surface area contributed by atoms with Gasteiger partial charge in [-0.1, -0.05) is 18.9 Å². The van der Waals surface area contributed by atoms with Gasteiger partial charge in [0.15, 0.2) is 0 Å². The number of carbonyl (C=O) groups excluding carboxylic acids is 1. The van der Waals surface area contributed by atoms with Gasteiger partial charge in [-0.05, 0) is 56.7 Å². The molecule has 0 saturated carbocycles. The maximum absolute atomic E-state index is 14.0. The molecule has 11 heteroatoms. The number of carboxylic acids is 1. The zero-order valence-electron chi connectivity index (χ0n) is 18.6. The molecule has 0 spiro atoms. The van der Waals surface area contributed by atoms with E-state index in [0.29, 0.717) is 58.4 Å². The lowest BCUT2D eigenvalue weighted by Crippen LogP contribution is -2.51. The summed E-state index contributed by atoms with van der Waals surface area (Å²) >= 11 is 0. The van der Waals surface area contributed by atoms with E-state index < -0.39 is 24.4 Å². The van der Waals surface area contributed by atoms with Gasteiger partial charge in [0.05, 0.1) is 5.69 Å². The molecule has 1 atom stereocenters. The molecule has 6 N–H and O–H groups in total. The molecule has 1 unspecified atom stereocenters. The molecule has 2 amide bonds. The fraction of sp³-hybridized carbons (Fsp3) is 0.619. The summed E-state index contributed by atoms with van der Waals surface area (Å²) in [6.45, 7) is 4.72. The minimum atomic E-state index is -1.39. The van der Waals surface area contributed by atoms with Gasteiger partial charge in [-0.3, -0.25) is 9.69 Å². The maximum Gasteiger partial charge on any atom is 0.451 e. The molecule has 9 nitrogen and oxygen atoms in total. The van der Waals surface area contributed by atoms with Crippen LogP contribution in [0.1, 0.15) is 37.7 Å². The Bertz CT molecular complexity index is 777. The van der Waals surface area contributed by atoms with Gasteiger partial charge < -0.3 is 31.1 Å². The molecule has 1 aromatic carbocycles. The summed E-state index contributed by atoms with van der Waals surface area (Å²) in [5, 5.41) is 29.9. The average molecular weight is 452 g/mol. The molecule has 1 aliphatic heterocycles. The van der Waals surface area contributed by atoms with Gasteiger partial charge in [0.1, 0.15) is 11.4 Å². The molecular weight excluding hydrogens is 418 g/mol. The number of aryl methyl sites for hydroxylation is 1. The van der Waals surface area contributed by atoms with Crippen LogP contribution in [0.5, 0.6) is 0 Å². The van der Waals surface area contributed by atoms with Crippen LogP contribution in [-0.4, -0.2) is 82.3 Å². The Morgan fingerprint density at radius 3 is 2.41 bits per heavy atom. The predicted octanol–water partition coefficient (Wildman–Crippen LogP) is 1.49. The number of piperazine rings is 1. The normalized spacial score (nSPS) is 16.5. The number of amides is 2. The highest BCUT2D eigenvalue weighted by Crippen LogP contribution is 2.20. The number of halogens is 1. The molecule has 0 radical (unpaired) electrons. The number of rotatable bonds is 11. The molecule has 0 bridgehead atoms. The van der Waals surface area contributed by atoms with Crippen LogP contribution in [0.4, 0.5) is 14.9 Å². The highest BCUT2D eigenvalue weighted by atomic mass is 19.1. The van der Waals surface area contributed by atoms with E-state index in [1.807, 2.05) is 0 Å². The molecule has 1 fully saturated rings. The summed E-state index contributed by atoms with van der Waals surface area (Å²) in [5.41, 5.74) is 5.70. The monoisotopic (exact) mass is 452 g/mol. The lowest BCUT2D eigenvalue weighted by Gasteiger charge is -2.35. The third-order valence-corrected chi connectivity index (χ3v) is 5.88. The smallest absolute Gasteiger partial charge is 0.451 e. The fourth-order valence-corrected chi connectivity index (χ4v) is 3.81. The topological polar surface area (TPSA) is 139 Å². The van der Waals surface area contributed by atoms with Crippen LogP contribution in [0.15, 0.2) is 18.2 Å². The minimum absolute atomic E-state index is 0.157. The molecule has 2 rings (SSSR count). The van der Waals surface area contributed by atoms with E-state index in [0.717, 1.165) is 5.56 Å². The van der Waals surface area contributed by atoms with Crippen LogP contribution in [0.25, 0.3) is 0 Å². The number of hydrogen-bond acceptors (Lipinski definition) is 6. The Morgan fingerprint density at radius 1 is 1.16 bits per heavy atom. The second-order valence-electron chi connectivity index (χ2n) is 8.53. The SMILES string of the molecule is Cc1ccc(NC(=O)N2CCN(CCCC(N)(CCCCB(O)O)C(=O)O)CC2)c(F)c1. The second-order valence-corrected chi connectivity index (χ2v) is 8.53. The van der Waals surface area contributed by atoms with Crippen LogP contribution in [0.2, 0.25) is 6.32 Å². The number of benzene rings is 1. The van der Waals surface area contributed by atoms with Crippen molar-refractivity contribution in [3.63, 3.8) is 0 Å². The molecule has 1 aromatic rings. The van der Waals surface area contributed by atoms with Crippen LogP contribution in [0.3, 0.4) is 0 Å². The Kier molecular flexibility index (Phi) is 9.89. The molecule has 178 valence electrons. The van der Waals surface area contributed by atoms with Crippen molar-refractivity contribution in [2.45, 2.75) is 50.9 Å². The van der Waals surface area contributed by atoms with Crippen molar-refractivity contribution in [3.05, 3.63) is 29.6 Å². The van der Waals surface area contributed by atoms with Gasteiger partial charge in [0.25, 0.3) is 0 Å². The lowest BCUT2D eigenvalue weighted by atomic mass is 9.81. The van der Waals surface area contributed by atoms with Crippen LogP contribution >= 0.6 is 0 Å². The fourth-order valence-electron chi connectivity index (χ4n) is 3.81. The molecule has 0 aromatic heterocycles. The first-order valence-corrected chi connectivity index (χ1v) is 11.0. The molecule has 0 aliphatic carbocycles. The Labute approximate surface area is 188 Å². The van der Waals surface area contributed by atoms with Gasteiger partial charge in [-0.25, -0.2) is 9.18 Å². The second kappa shape index (κ2) is 12.1. The highest BCUT2D eigenvalue weighted by molar-refractivity contribution is 6.40. The van der Waals surface area contributed by atoms with E-state index in [4.69, 9.17) is 15.8 Å². The van der Waals surface area contributed by atoms with Crippen molar-refractivity contribution in [1.29, 1.82) is 0 Å². The van der Waals surface area contributed by atoms with Crippen molar-refractivity contribution in [1.82, 2.24) is 9.80 Å². The van der Waals surface area contributed by atoms with E-state index in [9.17, 15) is 19.1 Å². The van der Waals surface area contributed by atoms with Gasteiger partial charge in [-0.2, -0.15) is 0 Å². The number of nitrogens with two attached hydrogens (primary N) is 1. The van der Waals surface area contributed by atoms with Crippen LogP contribution < -0.4 is 11.1 Å². The first-order chi connectivity index (χ1) is 15.1. The number of anilines is 1. The number of unbranched alkanes of at least 4 members (excludes halogenated alkanes) is 1. The molecule has 1 saturated heterocycles. The summed E-state index contributed by atoms with van der Waals surface area (Å²) in [6.07, 6.45) is 2.41. The van der Waals surface area contributed by atoms with Gasteiger partial charge in [-0.15, -0.1) is 0 Å². The summed E-state index contributed by atoms with van der Waals surface area (Å²) < 4.78 is 14.0. The Hall–Kier alpha value is -2.21. The van der Waals surface area contributed by atoms with Crippen molar-refractivity contribution in [2.75, 3.05) is 38.0 Å². The molecule has 32 heavy (non-hydrogen) atoms. The van der Waals surface area contributed by atoms with Crippen molar-refractivity contribution < 1.29 is 29.1 Å². The number of hydrogen-bond donors (Lipinski definition) is 5. The molecule has 1 heterocycles. The van der Waals surface area contributed by atoms with Gasteiger partial charge >= 0.3 is 19.1 Å². The third kappa shape index (κ3) is 8.05.